The molecule has 0 aromatic heterocycles. The van der Waals surface area contributed by atoms with Crippen LogP contribution in [0.2, 0.25) is 0 Å². The molecule has 0 aliphatic heterocycles. The van der Waals surface area contributed by atoms with E-state index in [1.807, 2.05) is 13.8 Å². The molecule has 0 bridgehead atoms. The summed E-state index contributed by atoms with van der Waals surface area (Å²) in [6, 6.07) is -5.73. The smallest absolute Gasteiger partial charge is 0.326 e. The molecule has 0 aliphatic rings. The van der Waals surface area contributed by atoms with Gasteiger partial charge in [-0.25, -0.2) is 4.79 Å². The van der Waals surface area contributed by atoms with Crippen LogP contribution in [0.3, 0.4) is 0 Å². The normalized spacial score (nSPS) is 14.7. The molecule has 18 N–H and O–H groups in total. The lowest BCUT2D eigenvalue weighted by Crippen LogP contribution is -2.60. The summed E-state index contributed by atoms with van der Waals surface area (Å²) in [7, 11) is 0. The number of carbonyl (C=O) groups excluding carboxylic acids is 10. The van der Waals surface area contributed by atoms with Crippen LogP contribution in [0.15, 0.2) is 24.3 Å². The lowest BCUT2D eigenvalue weighted by molar-refractivity contribution is -0.143. The number of primary amides is 1. The zero-order valence-electron chi connectivity index (χ0n) is 42.9. The average Bonchev–Trinajstić information content (AvgIpc) is 3.31. The fraction of sp³-hybridized carbons (Fsp3) is 0.617. The number of nitrogens with two attached hydrogens (primary N) is 3. The number of phenolic OH excluding ortho intramolecular Hbond substituents is 1. The van der Waals surface area contributed by atoms with Crippen molar-refractivity contribution in [1.82, 2.24) is 47.9 Å². The van der Waals surface area contributed by atoms with Gasteiger partial charge in [-0.3, -0.25) is 52.7 Å². The van der Waals surface area contributed by atoms with Gasteiger partial charge in [-0.1, -0.05) is 60.1 Å². The Morgan fingerprint density at radius 3 is 1.64 bits per heavy atom. The van der Waals surface area contributed by atoms with Crippen LogP contribution in [0, 0.1) is 17.8 Å². The highest BCUT2D eigenvalue weighted by Gasteiger charge is 2.35. The minimum Gasteiger partial charge on any atom is -0.508 e. The fourth-order valence-electron chi connectivity index (χ4n) is 6.98. The summed E-state index contributed by atoms with van der Waals surface area (Å²) in [5.74, 6) is -13.5. The first-order valence-corrected chi connectivity index (χ1v) is 24.2. The molecule has 27 nitrogen and oxygen atoms in total. The van der Waals surface area contributed by atoms with Crippen LogP contribution in [0.25, 0.3) is 0 Å². The Balaban J connectivity index is 3.21. The van der Waals surface area contributed by atoms with E-state index in [1.54, 1.807) is 13.8 Å². The number of carboxylic acids is 2. The summed E-state index contributed by atoms with van der Waals surface area (Å²) < 4.78 is 0. The second-order valence-corrected chi connectivity index (χ2v) is 18.6. The van der Waals surface area contributed by atoms with Crippen LogP contribution in [0.5, 0.6) is 5.75 Å². The number of hydrogen-bond donors (Lipinski definition) is 15. The third-order valence-electron chi connectivity index (χ3n) is 11.4. The highest BCUT2D eigenvalue weighted by molar-refractivity contribution is 5.99. The van der Waals surface area contributed by atoms with Crippen molar-refractivity contribution >= 4 is 71.0 Å². The summed E-state index contributed by atoms with van der Waals surface area (Å²) >= 11 is 0. The zero-order valence-corrected chi connectivity index (χ0v) is 42.9. The van der Waals surface area contributed by atoms with E-state index in [0.29, 0.717) is 31.2 Å². The van der Waals surface area contributed by atoms with Crippen LogP contribution in [-0.4, -0.2) is 154 Å². The first-order valence-electron chi connectivity index (χ1n) is 24.2. The maximum atomic E-state index is 13.9. The van der Waals surface area contributed by atoms with Gasteiger partial charge in [-0.2, -0.15) is 0 Å². The number of hydrogen-bond acceptors (Lipinski definition) is 15. The zero-order chi connectivity index (χ0) is 56.4. The van der Waals surface area contributed by atoms with Gasteiger partial charge < -0.3 is 80.4 Å². The van der Waals surface area contributed by atoms with E-state index in [1.165, 1.54) is 45.0 Å². The molecule has 0 radical (unpaired) electrons. The van der Waals surface area contributed by atoms with Gasteiger partial charge in [0, 0.05) is 6.42 Å². The van der Waals surface area contributed by atoms with Crippen molar-refractivity contribution < 1.29 is 72.9 Å². The first-order chi connectivity index (χ1) is 34.6. The molecule has 0 saturated heterocycles. The van der Waals surface area contributed by atoms with Crippen molar-refractivity contribution in [2.45, 2.75) is 148 Å². The first kappa shape index (κ1) is 64.6. The molecule has 1 aromatic carbocycles. The Kier molecular flexibility index (Phi) is 28.5. The molecular weight excluding hydrogens is 973 g/mol. The molecular formula is C47H76N12O15. The van der Waals surface area contributed by atoms with Gasteiger partial charge in [0.1, 0.15) is 48.0 Å². The van der Waals surface area contributed by atoms with Gasteiger partial charge in [0.25, 0.3) is 0 Å². The van der Waals surface area contributed by atoms with Crippen LogP contribution in [-0.2, 0) is 64.0 Å². The minimum absolute atomic E-state index is 0.00393. The summed E-state index contributed by atoms with van der Waals surface area (Å²) in [5, 5.41) is 50.4. The van der Waals surface area contributed by atoms with E-state index < -0.39 is 157 Å². The standard InChI is InChI=1S/C47H76N12O15/c1-8-25(6)39(58-36(63)22-51-41(67)29(49)17-23(2)3)46(72)57-31(18-27-12-14-28(60)15-13-27)42(68)53-26(7)40(66)56-33(20-37(64)65)44(70)59-38(24(4)5)45(71)52-21-35(62)54-32(19-34(50)61)43(69)55-30(47(73)74)11-9-10-16-48/h12-15,23-26,29-33,38-39,60H,8-11,16-22,48-49H2,1-7H3,(H2,50,61)(H,51,67)(H,52,71)(H,53,68)(H,54,62)(H,55,69)(H,56,66)(H,57,72)(H,58,63)(H,59,70)(H,64,65)(H,73,74)/t25-,26-,29-,30-,31-,32-,33-,38-,39-/m0/s1. The number of carbonyl (C=O) groups is 12. The fourth-order valence-corrected chi connectivity index (χ4v) is 6.98. The molecule has 0 saturated carbocycles. The van der Waals surface area contributed by atoms with E-state index in [2.05, 4.69) is 47.9 Å². The monoisotopic (exact) mass is 1050 g/mol. The van der Waals surface area contributed by atoms with Crippen LogP contribution >= 0.6 is 0 Å². The summed E-state index contributed by atoms with van der Waals surface area (Å²) in [4.78, 5) is 155. The predicted octanol–water partition coefficient (Wildman–Crippen LogP) is -3.78. The molecule has 27 heteroatoms. The number of rotatable bonds is 34. The maximum Gasteiger partial charge on any atom is 0.326 e. The third-order valence-corrected chi connectivity index (χ3v) is 11.4. The number of amides is 10. The quantitative estimate of drug-likeness (QED) is 0.0295. The second-order valence-electron chi connectivity index (χ2n) is 18.6. The second kappa shape index (κ2) is 32.6. The maximum absolute atomic E-state index is 13.9. The number of aromatic hydroxyl groups is 1. The Labute approximate surface area is 429 Å². The van der Waals surface area contributed by atoms with Gasteiger partial charge in [0.15, 0.2) is 0 Å². The highest BCUT2D eigenvalue weighted by atomic mass is 16.4. The Bertz CT molecular complexity index is 2120. The van der Waals surface area contributed by atoms with Gasteiger partial charge in [0.05, 0.1) is 32.0 Å². The van der Waals surface area contributed by atoms with E-state index in [4.69, 9.17) is 17.2 Å². The Hall–Kier alpha value is -7.42. The Morgan fingerprint density at radius 1 is 0.581 bits per heavy atom. The molecule has 10 amide bonds. The predicted molar refractivity (Wildman–Crippen MR) is 265 cm³/mol. The van der Waals surface area contributed by atoms with Crippen LogP contribution < -0.4 is 65.1 Å². The Morgan fingerprint density at radius 2 is 1.11 bits per heavy atom. The van der Waals surface area contributed by atoms with E-state index in [9.17, 15) is 72.9 Å². The summed E-state index contributed by atoms with van der Waals surface area (Å²) in [6.45, 7) is 10.3. The largest absolute Gasteiger partial charge is 0.508 e. The number of carboxylic acid groups (broad SMARTS) is 2. The van der Waals surface area contributed by atoms with Gasteiger partial charge in [-0.15, -0.1) is 0 Å². The summed E-state index contributed by atoms with van der Waals surface area (Å²) in [6.07, 6.45) is -0.381. The SMILES string of the molecule is CC[C@H](C)[C@H](NC(=O)CNC(=O)[C@@H](N)CC(C)C)C(=O)N[C@@H](Cc1ccc(O)cc1)C(=O)N[C@@H](C)C(=O)N[C@@H](CC(=O)O)C(=O)N[C@H](C(=O)NCC(=O)N[C@@H](CC(N)=O)C(=O)N[C@@H](CCCCN)C(=O)O)C(C)C. The summed E-state index contributed by atoms with van der Waals surface area (Å²) in [5.41, 5.74) is 17.0. The van der Waals surface area contributed by atoms with E-state index in [0.717, 1.165) is 0 Å². The van der Waals surface area contributed by atoms with Crippen LogP contribution in [0.1, 0.15) is 99.0 Å². The van der Waals surface area contributed by atoms with E-state index in [-0.39, 0.29) is 31.1 Å². The average molecular weight is 1050 g/mol. The molecule has 9 atom stereocenters. The third kappa shape index (κ3) is 24.3. The number of phenols is 1. The number of benzene rings is 1. The number of unbranched alkanes of at least 4 members (excludes halogenated alkanes) is 1. The molecule has 1 rings (SSSR count). The lowest BCUT2D eigenvalue weighted by Gasteiger charge is -2.28. The molecule has 0 aliphatic carbocycles. The van der Waals surface area contributed by atoms with Crippen molar-refractivity contribution in [1.29, 1.82) is 0 Å². The van der Waals surface area contributed by atoms with Crippen molar-refractivity contribution in [2.75, 3.05) is 19.6 Å². The molecule has 74 heavy (non-hydrogen) atoms. The van der Waals surface area contributed by atoms with Crippen molar-refractivity contribution in [3.63, 3.8) is 0 Å². The van der Waals surface area contributed by atoms with Crippen molar-refractivity contribution in [3.8, 4) is 5.75 Å². The van der Waals surface area contributed by atoms with E-state index >= 15 is 0 Å². The molecule has 0 heterocycles. The molecule has 1 aromatic rings. The van der Waals surface area contributed by atoms with Gasteiger partial charge in [0.2, 0.25) is 59.1 Å². The minimum atomic E-state index is -1.85. The number of nitrogens with one attached hydrogen (secondary N) is 9. The van der Waals surface area contributed by atoms with Gasteiger partial charge >= 0.3 is 11.9 Å². The lowest BCUT2D eigenvalue weighted by atomic mass is 9.97. The van der Waals surface area contributed by atoms with Crippen molar-refractivity contribution in [3.05, 3.63) is 29.8 Å². The van der Waals surface area contributed by atoms with Crippen molar-refractivity contribution in [2.24, 2.45) is 35.0 Å². The molecule has 0 spiro atoms. The molecule has 0 fully saturated rings. The topological polar surface area (TPSA) is 452 Å². The highest BCUT2D eigenvalue weighted by Crippen LogP contribution is 2.14. The molecule has 414 valence electrons. The number of aliphatic carboxylic acids is 2. The van der Waals surface area contributed by atoms with Crippen LogP contribution in [0.4, 0.5) is 0 Å². The van der Waals surface area contributed by atoms with Gasteiger partial charge in [-0.05, 0) is 74.6 Å². The molecule has 0 unspecified atom stereocenters.